The van der Waals surface area contributed by atoms with Gasteiger partial charge in [0.25, 0.3) is 5.91 Å². The Morgan fingerprint density at radius 3 is 1.69 bits per heavy atom. The van der Waals surface area contributed by atoms with Crippen LogP contribution in [0, 0.1) is 6.92 Å². The number of aryl methyl sites for hydroxylation is 1. The van der Waals surface area contributed by atoms with Crippen molar-refractivity contribution in [1.82, 2.24) is 5.32 Å². The number of nitrogens with one attached hydrogen (secondary N) is 1. The molecule has 0 bridgehead atoms. The number of hydrogen-bond donors (Lipinski definition) is 1. The third-order valence-electron chi connectivity index (χ3n) is 5.21. The van der Waals surface area contributed by atoms with Crippen molar-refractivity contribution >= 4 is 5.91 Å². The van der Waals surface area contributed by atoms with E-state index in [9.17, 15) is 4.79 Å². The van der Waals surface area contributed by atoms with E-state index < -0.39 is 0 Å². The Morgan fingerprint density at radius 1 is 0.731 bits per heavy atom. The smallest absolute Gasteiger partial charge is 0.251 e. The van der Waals surface area contributed by atoms with Crippen LogP contribution in [0.2, 0.25) is 0 Å². The topological polar surface area (TPSA) is 29.1 Å². The molecule has 0 aromatic heterocycles. The summed E-state index contributed by atoms with van der Waals surface area (Å²) in [5, 5.41) is 3.04. The van der Waals surface area contributed by atoms with Gasteiger partial charge in [-0.05, 0) is 25.0 Å². The van der Waals surface area contributed by atoms with E-state index in [2.05, 4.69) is 12.2 Å². The van der Waals surface area contributed by atoms with Crippen LogP contribution in [0.1, 0.15) is 113 Å². The van der Waals surface area contributed by atoms with Crippen molar-refractivity contribution in [1.29, 1.82) is 0 Å². The first kappa shape index (κ1) is 22.7. The minimum Gasteiger partial charge on any atom is -0.352 e. The molecule has 0 aliphatic rings. The number of rotatable bonds is 16. The van der Waals surface area contributed by atoms with E-state index in [1.165, 1.54) is 83.5 Å². The molecule has 1 amide bonds. The van der Waals surface area contributed by atoms with Gasteiger partial charge in [-0.3, -0.25) is 4.79 Å². The fourth-order valence-electron chi connectivity index (χ4n) is 3.44. The van der Waals surface area contributed by atoms with Crippen molar-refractivity contribution in [2.75, 3.05) is 6.54 Å². The Balaban J connectivity index is 1.84. The van der Waals surface area contributed by atoms with Crippen LogP contribution in [0.5, 0.6) is 0 Å². The summed E-state index contributed by atoms with van der Waals surface area (Å²) in [5.41, 5.74) is 1.85. The van der Waals surface area contributed by atoms with Gasteiger partial charge >= 0.3 is 0 Å². The minimum absolute atomic E-state index is 0.0674. The van der Waals surface area contributed by atoms with E-state index in [1.54, 1.807) is 0 Å². The van der Waals surface area contributed by atoms with Crippen molar-refractivity contribution in [2.45, 2.75) is 104 Å². The second kappa shape index (κ2) is 15.9. The quantitative estimate of drug-likeness (QED) is 0.310. The Hall–Kier alpha value is -1.31. The summed E-state index contributed by atoms with van der Waals surface area (Å²) < 4.78 is 0. The lowest BCUT2D eigenvalue weighted by molar-refractivity contribution is 0.0952. The molecule has 0 heterocycles. The van der Waals surface area contributed by atoms with Gasteiger partial charge in [0, 0.05) is 12.1 Å². The molecule has 0 aliphatic carbocycles. The van der Waals surface area contributed by atoms with Crippen molar-refractivity contribution in [3.63, 3.8) is 0 Å². The fraction of sp³-hybridized carbons (Fsp3) is 0.708. The number of hydrogen-bond acceptors (Lipinski definition) is 1. The maximum Gasteiger partial charge on any atom is 0.251 e. The standard InChI is InChI=1S/C24H41NO/c1-3-4-5-6-7-8-9-10-11-12-13-14-15-18-21-25-24(26)23-20-17-16-19-22(23)2/h16-17,19-20H,3-15,18,21H2,1-2H3,(H,25,26). The lowest BCUT2D eigenvalue weighted by atomic mass is 10.0. The lowest BCUT2D eigenvalue weighted by Gasteiger charge is -2.07. The van der Waals surface area contributed by atoms with Crippen LogP contribution in [-0.2, 0) is 0 Å². The molecule has 148 valence electrons. The molecular formula is C24H41NO. The van der Waals surface area contributed by atoms with Gasteiger partial charge in [-0.2, -0.15) is 0 Å². The van der Waals surface area contributed by atoms with Crippen molar-refractivity contribution in [3.05, 3.63) is 35.4 Å². The van der Waals surface area contributed by atoms with Crippen LogP contribution in [0.25, 0.3) is 0 Å². The molecule has 26 heavy (non-hydrogen) atoms. The number of amides is 1. The number of carbonyl (C=O) groups is 1. The first-order chi connectivity index (χ1) is 12.8. The first-order valence-corrected chi connectivity index (χ1v) is 11.1. The van der Waals surface area contributed by atoms with Crippen LogP contribution in [0.4, 0.5) is 0 Å². The molecule has 0 saturated carbocycles. The van der Waals surface area contributed by atoms with Crippen LogP contribution < -0.4 is 5.32 Å². The van der Waals surface area contributed by atoms with Gasteiger partial charge in [-0.25, -0.2) is 0 Å². The van der Waals surface area contributed by atoms with Crippen molar-refractivity contribution in [2.24, 2.45) is 0 Å². The highest BCUT2D eigenvalue weighted by Gasteiger charge is 2.06. The highest BCUT2D eigenvalue weighted by Crippen LogP contribution is 2.13. The summed E-state index contributed by atoms with van der Waals surface area (Å²) >= 11 is 0. The molecule has 0 saturated heterocycles. The summed E-state index contributed by atoms with van der Waals surface area (Å²) in [5.74, 6) is 0.0674. The van der Waals surface area contributed by atoms with Gasteiger partial charge in [0.05, 0.1) is 0 Å². The number of carbonyl (C=O) groups excluding carboxylic acids is 1. The summed E-state index contributed by atoms with van der Waals surface area (Å²) in [4.78, 5) is 12.1. The SMILES string of the molecule is CCCCCCCCCCCCCCCCNC(=O)c1ccccc1C. The monoisotopic (exact) mass is 359 g/mol. The maximum absolute atomic E-state index is 12.1. The summed E-state index contributed by atoms with van der Waals surface area (Å²) in [6.45, 7) is 5.06. The van der Waals surface area contributed by atoms with Gasteiger partial charge < -0.3 is 5.32 Å². The molecule has 2 nitrogen and oxygen atoms in total. The molecule has 0 radical (unpaired) electrons. The van der Waals surface area contributed by atoms with Crippen molar-refractivity contribution < 1.29 is 4.79 Å². The first-order valence-electron chi connectivity index (χ1n) is 11.1. The highest BCUT2D eigenvalue weighted by molar-refractivity contribution is 5.95. The van der Waals surface area contributed by atoms with Crippen LogP contribution in [0.3, 0.4) is 0 Å². The largest absolute Gasteiger partial charge is 0.352 e. The molecule has 1 N–H and O–H groups in total. The van der Waals surface area contributed by atoms with E-state index >= 15 is 0 Å². The van der Waals surface area contributed by atoms with Gasteiger partial charge in [0.15, 0.2) is 0 Å². The molecule has 0 unspecified atom stereocenters. The molecule has 0 spiro atoms. The summed E-state index contributed by atoms with van der Waals surface area (Å²) in [6.07, 6.45) is 19.1. The molecule has 1 aromatic carbocycles. The predicted octanol–water partition coefficient (Wildman–Crippen LogP) is 7.21. The minimum atomic E-state index is 0.0674. The molecular weight excluding hydrogens is 318 g/mol. The number of unbranched alkanes of at least 4 members (excludes halogenated alkanes) is 13. The molecule has 0 atom stereocenters. The fourth-order valence-corrected chi connectivity index (χ4v) is 3.44. The van der Waals surface area contributed by atoms with Gasteiger partial charge in [-0.1, -0.05) is 109 Å². The number of benzene rings is 1. The third-order valence-corrected chi connectivity index (χ3v) is 5.21. The Morgan fingerprint density at radius 2 is 1.19 bits per heavy atom. The highest BCUT2D eigenvalue weighted by atomic mass is 16.1. The normalized spacial score (nSPS) is 10.8. The van der Waals surface area contributed by atoms with Crippen LogP contribution >= 0.6 is 0 Å². The second-order valence-corrected chi connectivity index (χ2v) is 7.67. The molecule has 1 rings (SSSR count). The molecule has 0 aliphatic heterocycles. The molecule has 1 aromatic rings. The van der Waals surface area contributed by atoms with E-state index in [0.29, 0.717) is 0 Å². The van der Waals surface area contributed by atoms with E-state index in [4.69, 9.17) is 0 Å². The molecule has 0 fully saturated rings. The Bertz CT molecular complexity index is 469. The maximum atomic E-state index is 12.1. The van der Waals surface area contributed by atoms with E-state index in [-0.39, 0.29) is 5.91 Å². The molecule has 2 heteroatoms. The van der Waals surface area contributed by atoms with Crippen LogP contribution in [0.15, 0.2) is 24.3 Å². The van der Waals surface area contributed by atoms with Gasteiger partial charge in [-0.15, -0.1) is 0 Å². The van der Waals surface area contributed by atoms with Gasteiger partial charge in [0.2, 0.25) is 0 Å². The van der Waals surface area contributed by atoms with E-state index in [1.807, 2.05) is 31.2 Å². The zero-order valence-corrected chi connectivity index (χ0v) is 17.3. The lowest BCUT2D eigenvalue weighted by Crippen LogP contribution is -2.25. The Kier molecular flexibility index (Phi) is 13.9. The van der Waals surface area contributed by atoms with Crippen LogP contribution in [-0.4, -0.2) is 12.5 Å². The second-order valence-electron chi connectivity index (χ2n) is 7.67. The zero-order valence-electron chi connectivity index (χ0n) is 17.3. The average Bonchev–Trinajstić information content (AvgIpc) is 2.65. The van der Waals surface area contributed by atoms with Gasteiger partial charge in [0.1, 0.15) is 0 Å². The third kappa shape index (κ3) is 11.3. The van der Waals surface area contributed by atoms with E-state index in [0.717, 1.165) is 24.1 Å². The zero-order chi connectivity index (χ0) is 18.9. The Labute approximate surface area is 162 Å². The van der Waals surface area contributed by atoms with Crippen molar-refractivity contribution in [3.8, 4) is 0 Å². The summed E-state index contributed by atoms with van der Waals surface area (Å²) in [6, 6.07) is 7.78. The average molecular weight is 360 g/mol. The predicted molar refractivity (Wildman–Crippen MR) is 114 cm³/mol. The summed E-state index contributed by atoms with van der Waals surface area (Å²) in [7, 11) is 0.